The molecule has 3 heterocycles. The van der Waals surface area contributed by atoms with Crippen molar-refractivity contribution >= 4 is 11.7 Å². The van der Waals surface area contributed by atoms with Crippen LogP contribution in [0, 0.1) is 18.3 Å². The first-order chi connectivity index (χ1) is 15.9. The van der Waals surface area contributed by atoms with Crippen molar-refractivity contribution in [2.45, 2.75) is 45.8 Å². The van der Waals surface area contributed by atoms with Crippen LogP contribution in [0.1, 0.15) is 37.8 Å². The minimum atomic E-state index is -0.280. The van der Waals surface area contributed by atoms with E-state index in [0.29, 0.717) is 56.1 Å². The highest BCUT2D eigenvalue weighted by molar-refractivity contribution is 5.77. The molecule has 1 aliphatic rings. The number of hydrogen-bond acceptors (Lipinski definition) is 8. The van der Waals surface area contributed by atoms with Crippen LogP contribution in [0.15, 0.2) is 29.3 Å². The van der Waals surface area contributed by atoms with E-state index in [4.69, 9.17) is 14.7 Å². The number of aromatic amines is 1. The number of piperazine rings is 1. The monoisotopic (exact) mass is 454 g/mol. The SMILES string of the molecule is CC[C@H](CO[C@@H](C)CC(=O)N1CCN(c2ccc(C#N)cn2)CC1)Oc1cn[nH]c(=O)c1C. The average Bonchev–Trinajstić information content (AvgIpc) is 2.84. The lowest BCUT2D eigenvalue weighted by Crippen LogP contribution is -2.49. The Bertz CT molecular complexity index is 1020. The third-order valence-corrected chi connectivity index (χ3v) is 5.67. The van der Waals surface area contributed by atoms with Crippen LogP contribution in [0.2, 0.25) is 0 Å². The second kappa shape index (κ2) is 11.4. The lowest BCUT2D eigenvalue weighted by Gasteiger charge is -2.36. The lowest BCUT2D eigenvalue weighted by molar-refractivity contribution is -0.134. The fourth-order valence-corrected chi connectivity index (χ4v) is 3.51. The van der Waals surface area contributed by atoms with Crippen molar-refractivity contribution in [3.8, 4) is 11.8 Å². The van der Waals surface area contributed by atoms with Crippen LogP contribution in [0.25, 0.3) is 0 Å². The number of nitrogens with zero attached hydrogens (tertiary/aromatic N) is 5. The summed E-state index contributed by atoms with van der Waals surface area (Å²) < 4.78 is 11.8. The van der Waals surface area contributed by atoms with E-state index in [1.54, 1.807) is 19.2 Å². The molecule has 1 saturated heterocycles. The van der Waals surface area contributed by atoms with Crippen LogP contribution in [0.5, 0.6) is 5.75 Å². The van der Waals surface area contributed by atoms with E-state index in [-0.39, 0.29) is 30.1 Å². The molecular formula is C23H30N6O4. The number of carbonyl (C=O) groups excluding carboxylic acids is 1. The number of hydrogen-bond donors (Lipinski definition) is 1. The van der Waals surface area contributed by atoms with Gasteiger partial charge in [-0.2, -0.15) is 10.4 Å². The van der Waals surface area contributed by atoms with Crippen LogP contribution >= 0.6 is 0 Å². The molecule has 33 heavy (non-hydrogen) atoms. The Balaban J connectivity index is 1.43. The van der Waals surface area contributed by atoms with Crippen molar-refractivity contribution in [3.05, 3.63) is 46.0 Å². The van der Waals surface area contributed by atoms with E-state index in [0.717, 1.165) is 5.82 Å². The van der Waals surface area contributed by atoms with Gasteiger partial charge in [-0.05, 0) is 32.4 Å². The van der Waals surface area contributed by atoms with Crippen LogP contribution < -0.4 is 15.2 Å². The smallest absolute Gasteiger partial charge is 0.270 e. The second-order valence-corrected chi connectivity index (χ2v) is 8.07. The number of anilines is 1. The number of carbonyl (C=O) groups is 1. The van der Waals surface area contributed by atoms with E-state index in [9.17, 15) is 9.59 Å². The topological polar surface area (TPSA) is 124 Å². The maximum Gasteiger partial charge on any atom is 0.270 e. The van der Waals surface area contributed by atoms with Gasteiger partial charge in [0.25, 0.3) is 5.56 Å². The maximum absolute atomic E-state index is 12.7. The standard InChI is InChI=1S/C23H30N6O4/c1-4-19(33-20-14-26-27-23(31)17(20)3)15-32-16(2)11-22(30)29-9-7-28(8-10-29)21-6-5-18(12-24)13-25-21/h5-6,13-14,16,19H,4,7-11,15H2,1-3H3,(H,27,31)/t16-,19+/m0/s1. The zero-order valence-electron chi connectivity index (χ0n) is 19.3. The molecule has 0 spiro atoms. The molecule has 176 valence electrons. The largest absolute Gasteiger partial charge is 0.486 e. The maximum atomic E-state index is 12.7. The van der Waals surface area contributed by atoms with Crippen LogP contribution in [0.4, 0.5) is 5.82 Å². The van der Waals surface area contributed by atoms with Gasteiger partial charge < -0.3 is 19.3 Å². The summed E-state index contributed by atoms with van der Waals surface area (Å²) in [7, 11) is 0. The summed E-state index contributed by atoms with van der Waals surface area (Å²) in [5.74, 6) is 1.31. The van der Waals surface area contributed by atoms with Crippen molar-refractivity contribution < 1.29 is 14.3 Å². The molecule has 0 aliphatic carbocycles. The van der Waals surface area contributed by atoms with E-state index >= 15 is 0 Å². The minimum absolute atomic E-state index is 0.0542. The van der Waals surface area contributed by atoms with Crippen molar-refractivity contribution in [1.82, 2.24) is 20.1 Å². The van der Waals surface area contributed by atoms with Gasteiger partial charge in [-0.3, -0.25) is 9.59 Å². The number of ether oxygens (including phenoxy) is 2. The Hall–Kier alpha value is -3.45. The van der Waals surface area contributed by atoms with Crippen LogP contribution in [0.3, 0.4) is 0 Å². The van der Waals surface area contributed by atoms with Crippen molar-refractivity contribution in [2.24, 2.45) is 0 Å². The Labute approximate surface area is 193 Å². The van der Waals surface area contributed by atoms with E-state index in [1.165, 1.54) is 6.20 Å². The number of nitriles is 1. The molecule has 0 aromatic carbocycles. The fraction of sp³-hybridized carbons (Fsp3) is 0.522. The summed E-state index contributed by atoms with van der Waals surface area (Å²) in [5, 5.41) is 15.0. The molecule has 1 fully saturated rings. The number of H-pyrrole nitrogens is 1. The van der Waals surface area contributed by atoms with Gasteiger partial charge in [0, 0.05) is 32.4 Å². The van der Waals surface area contributed by atoms with E-state index in [1.807, 2.05) is 24.8 Å². The second-order valence-electron chi connectivity index (χ2n) is 8.07. The van der Waals surface area contributed by atoms with Gasteiger partial charge in [0.1, 0.15) is 23.7 Å². The van der Waals surface area contributed by atoms with E-state index in [2.05, 4.69) is 26.2 Å². The highest BCUT2D eigenvalue weighted by Crippen LogP contribution is 2.17. The predicted octanol–water partition coefficient (Wildman–Crippen LogP) is 1.65. The molecule has 2 aromatic rings. The zero-order valence-corrected chi connectivity index (χ0v) is 19.3. The first kappa shape index (κ1) is 24.2. The molecule has 0 bridgehead atoms. The van der Waals surface area contributed by atoms with Gasteiger partial charge in [0.15, 0.2) is 0 Å². The zero-order chi connectivity index (χ0) is 23.8. The number of nitrogens with one attached hydrogen (secondary N) is 1. The molecule has 2 aromatic heterocycles. The number of amides is 1. The summed E-state index contributed by atoms with van der Waals surface area (Å²) in [4.78, 5) is 32.7. The molecule has 1 N–H and O–H groups in total. The molecule has 0 radical (unpaired) electrons. The predicted molar refractivity (Wildman–Crippen MR) is 122 cm³/mol. The Morgan fingerprint density at radius 2 is 2.03 bits per heavy atom. The van der Waals surface area contributed by atoms with Gasteiger partial charge in [0.2, 0.25) is 5.91 Å². The molecule has 1 amide bonds. The molecular weight excluding hydrogens is 424 g/mol. The molecule has 0 saturated carbocycles. The van der Waals surface area contributed by atoms with Gasteiger partial charge in [0.05, 0.1) is 36.5 Å². The van der Waals surface area contributed by atoms with Crippen LogP contribution in [-0.4, -0.2) is 71.0 Å². The summed E-state index contributed by atoms with van der Waals surface area (Å²) in [6, 6.07) is 5.65. The minimum Gasteiger partial charge on any atom is -0.486 e. The lowest BCUT2D eigenvalue weighted by atomic mass is 10.2. The quantitative estimate of drug-likeness (QED) is 0.606. The van der Waals surface area contributed by atoms with Crippen molar-refractivity contribution in [3.63, 3.8) is 0 Å². The Morgan fingerprint density at radius 1 is 1.27 bits per heavy atom. The third-order valence-electron chi connectivity index (χ3n) is 5.67. The number of pyridine rings is 1. The molecule has 2 atom stereocenters. The van der Waals surface area contributed by atoms with Crippen LogP contribution in [-0.2, 0) is 9.53 Å². The van der Waals surface area contributed by atoms with Gasteiger partial charge in [-0.25, -0.2) is 10.1 Å². The molecule has 1 aliphatic heterocycles. The average molecular weight is 455 g/mol. The van der Waals surface area contributed by atoms with Gasteiger partial charge in [-0.1, -0.05) is 6.92 Å². The Kier molecular flexibility index (Phi) is 8.38. The summed E-state index contributed by atoms with van der Waals surface area (Å²) >= 11 is 0. The third kappa shape index (κ3) is 6.52. The van der Waals surface area contributed by atoms with Crippen molar-refractivity contribution in [1.29, 1.82) is 5.26 Å². The fourth-order valence-electron chi connectivity index (χ4n) is 3.51. The van der Waals surface area contributed by atoms with E-state index < -0.39 is 0 Å². The summed E-state index contributed by atoms with van der Waals surface area (Å²) in [5.41, 5.74) is 0.723. The van der Waals surface area contributed by atoms with Crippen molar-refractivity contribution in [2.75, 3.05) is 37.7 Å². The van der Waals surface area contributed by atoms with Gasteiger partial charge >= 0.3 is 0 Å². The summed E-state index contributed by atoms with van der Waals surface area (Å²) in [6.07, 6.45) is 3.53. The number of aromatic nitrogens is 3. The normalized spacial score (nSPS) is 15.6. The first-order valence-corrected chi connectivity index (χ1v) is 11.1. The summed E-state index contributed by atoms with van der Waals surface area (Å²) in [6.45, 7) is 8.46. The highest BCUT2D eigenvalue weighted by atomic mass is 16.5. The first-order valence-electron chi connectivity index (χ1n) is 11.1. The van der Waals surface area contributed by atoms with Gasteiger partial charge in [-0.15, -0.1) is 0 Å². The highest BCUT2D eigenvalue weighted by Gasteiger charge is 2.24. The number of rotatable bonds is 9. The molecule has 3 rings (SSSR count). The molecule has 0 unspecified atom stereocenters. The Morgan fingerprint density at radius 3 is 2.67 bits per heavy atom. The molecule has 10 heteroatoms. The molecule has 10 nitrogen and oxygen atoms in total.